The van der Waals surface area contributed by atoms with Crippen molar-refractivity contribution in [3.63, 3.8) is 0 Å². The minimum Gasteiger partial charge on any atom is -0.494 e. The van der Waals surface area contributed by atoms with Crippen LogP contribution in [0.5, 0.6) is 17.4 Å². The fraction of sp³-hybridized carbons (Fsp3) is 0.0870. The topological polar surface area (TPSA) is 110 Å². The Kier molecular flexibility index (Phi) is 5.53. The number of furan rings is 1. The Bertz CT molecular complexity index is 1330. The van der Waals surface area contributed by atoms with Crippen LogP contribution in [0.1, 0.15) is 16.9 Å². The van der Waals surface area contributed by atoms with Crippen LogP contribution < -0.4 is 16.0 Å². The lowest BCUT2D eigenvalue weighted by Gasteiger charge is -2.08. The number of aromatic nitrogens is 2. The Balaban J connectivity index is 1.56. The fourth-order valence-corrected chi connectivity index (χ4v) is 2.93. The van der Waals surface area contributed by atoms with E-state index in [4.69, 9.17) is 9.15 Å². The molecule has 8 heteroatoms. The predicted octanol–water partition coefficient (Wildman–Crippen LogP) is 3.73. The summed E-state index contributed by atoms with van der Waals surface area (Å²) in [5, 5.41) is 10.5. The van der Waals surface area contributed by atoms with Gasteiger partial charge in [-0.2, -0.15) is 0 Å². The summed E-state index contributed by atoms with van der Waals surface area (Å²) in [5.74, 6) is 1.36. The summed E-state index contributed by atoms with van der Waals surface area (Å²) in [6.07, 6.45) is 2.67. The van der Waals surface area contributed by atoms with Gasteiger partial charge in [0.15, 0.2) is 0 Å². The monoisotopic (exact) mass is 417 g/mol. The minimum atomic E-state index is -0.742. The summed E-state index contributed by atoms with van der Waals surface area (Å²) in [7, 11) is 0. The number of para-hydroxylation sites is 1. The first kappa shape index (κ1) is 20.0. The van der Waals surface area contributed by atoms with E-state index in [1.165, 1.54) is 12.5 Å². The van der Waals surface area contributed by atoms with E-state index in [-0.39, 0.29) is 12.1 Å². The molecule has 156 valence electrons. The summed E-state index contributed by atoms with van der Waals surface area (Å²) >= 11 is 0. The smallest absolute Gasteiger partial charge is 0.331 e. The van der Waals surface area contributed by atoms with E-state index in [1.807, 2.05) is 31.2 Å². The van der Waals surface area contributed by atoms with Gasteiger partial charge in [-0.25, -0.2) is 4.79 Å². The number of ether oxygens (including phenoxy) is 1. The largest absolute Gasteiger partial charge is 0.494 e. The van der Waals surface area contributed by atoms with Crippen molar-refractivity contribution in [3.8, 4) is 17.4 Å². The highest BCUT2D eigenvalue weighted by Gasteiger charge is 2.14. The van der Waals surface area contributed by atoms with Crippen molar-refractivity contribution < 1.29 is 14.3 Å². The highest BCUT2D eigenvalue weighted by molar-refractivity contribution is 5.84. The molecule has 0 spiro atoms. The van der Waals surface area contributed by atoms with Crippen molar-refractivity contribution in [3.05, 3.63) is 105 Å². The molecule has 4 rings (SSSR count). The lowest BCUT2D eigenvalue weighted by Crippen LogP contribution is -2.32. The van der Waals surface area contributed by atoms with E-state index in [0.29, 0.717) is 17.2 Å². The fourth-order valence-electron chi connectivity index (χ4n) is 2.93. The summed E-state index contributed by atoms with van der Waals surface area (Å²) < 4.78 is 12.1. The van der Waals surface area contributed by atoms with Gasteiger partial charge in [0, 0.05) is 6.21 Å². The number of nitrogens with one attached hydrogen (secondary N) is 1. The van der Waals surface area contributed by atoms with E-state index in [0.717, 1.165) is 15.9 Å². The van der Waals surface area contributed by atoms with Gasteiger partial charge in [0.05, 0.1) is 18.5 Å². The van der Waals surface area contributed by atoms with Gasteiger partial charge in [0.2, 0.25) is 5.88 Å². The van der Waals surface area contributed by atoms with Gasteiger partial charge in [-0.3, -0.25) is 19.3 Å². The molecule has 0 aliphatic heterocycles. The number of aromatic amines is 1. The van der Waals surface area contributed by atoms with Gasteiger partial charge in [-0.1, -0.05) is 18.2 Å². The van der Waals surface area contributed by atoms with E-state index in [2.05, 4.69) is 9.98 Å². The number of hydrogen-bond acceptors (Lipinski definition) is 6. The van der Waals surface area contributed by atoms with Crippen LogP contribution in [0.3, 0.4) is 0 Å². The van der Waals surface area contributed by atoms with Crippen molar-refractivity contribution in [2.24, 2.45) is 4.99 Å². The van der Waals surface area contributed by atoms with E-state index >= 15 is 0 Å². The van der Waals surface area contributed by atoms with E-state index in [9.17, 15) is 14.7 Å². The van der Waals surface area contributed by atoms with Crippen molar-refractivity contribution >= 4 is 11.9 Å². The molecule has 4 aromatic rings. The number of rotatable bonds is 6. The molecule has 0 radical (unpaired) electrons. The standard InChI is InChI=1S/C23H19N3O5/c1-15-5-2-3-7-20(15)31-17-10-8-16(9-11-17)24-13-19-21(27)25-23(29)26(22(19)28)14-18-6-4-12-30-18/h2-13,28H,14H2,1H3,(H,25,27,29). The molecule has 8 nitrogen and oxygen atoms in total. The van der Waals surface area contributed by atoms with Crippen LogP contribution in [-0.4, -0.2) is 20.9 Å². The molecule has 0 atom stereocenters. The molecule has 2 N–H and O–H groups in total. The molecule has 0 amide bonds. The lowest BCUT2D eigenvalue weighted by molar-refractivity contribution is 0.392. The zero-order valence-electron chi connectivity index (χ0n) is 16.6. The average Bonchev–Trinajstić information content (AvgIpc) is 3.27. The molecule has 31 heavy (non-hydrogen) atoms. The van der Waals surface area contributed by atoms with Crippen LogP contribution in [-0.2, 0) is 6.54 Å². The number of nitrogens with zero attached hydrogens (tertiary/aromatic N) is 2. The first-order chi connectivity index (χ1) is 15.0. The third kappa shape index (κ3) is 4.48. The molecular formula is C23H19N3O5. The zero-order valence-corrected chi connectivity index (χ0v) is 16.6. The maximum atomic E-state index is 12.2. The van der Waals surface area contributed by atoms with Gasteiger partial charge in [-0.05, 0) is 55.0 Å². The zero-order chi connectivity index (χ0) is 21.8. The van der Waals surface area contributed by atoms with Gasteiger partial charge >= 0.3 is 5.69 Å². The summed E-state index contributed by atoms with van der Waals surface area (Å²) in [4.78, 5) is 30.6. The molecule has 0 saturated heterocycles. The number of aromatic hydroxyl groups is 1. The van der Waals surface area contributed by atoms with Crippen LogP contribution in [0.25, 0.3) is 0 Å². The Morgan fingerprint density at radius 2 is 1.87 bits per heavy atom. The number of aryl methyl sites for hydroxylation is 1. The van der Waals surface area contributed by atoms with Gasteiger partial charge in [0.25, 0.3) is 5.56 Å². The second-order valence-electron chi connectivity index (χ2n) is 6.78. The van der Waals surface area contributed by atoms with E-state index in [1.54, 1.807) is 36.4 Å². The van der Waals surface area contributed by atoms with Crippen molar-refractivity contribution in [1.29, 1.82) is 0 Å². The third-order valence-corrected chi connectivity index (χ3v) is 4.60. The molecule has 2 aromatic carbocycles. The molecule has 0 bridgehead atoms. The normalized spacial score (nSPS) is 11.1. The van der Waals surface area contributed by atoms with Crippen LogP contribution in [0, 0.1) is 6.92 Å². The maximum Gasteiger partial charge on any atom is 0.331 e. The van der Waals surface area contributed by atoms with Gasteiger partial charge < -0.3 is 14.3 Å². The van der Waals surface area contributed by atoms with Crippen LogP contribution in [0.2, 0.25) is 0 Å². The molecule has 2 heterocycles. The van der Waals surface area contributed by atoms with Crippen molar-refractivity contribution in [2.45, 2.75) is 13.5 Å². The van der Waals surface area contributed by atoms with Crippen LogP contribution in [0.15, 0.2) is 85.9 Å². The molecule has 2 aromatic heterocycles. The SMILES string of the molecule is Cc1ccccc1Oc1ccc(N=Cc2c(O)n(Cc3ccco3)c(=O)[nH]c2=O)cc1. The molecule has 0 aliphatic rings. The van der Waals surface area contributed by atoms with Crippen LogP contribution >= 0.6 is 0 Å². The first-order valence-corrected chi connectivity index (χ1v) is 9.47. The quantitative estimate of drug-likeness (QED) is 0.465. The minimum absolute atomic E-state index is 0.0276. The molecular weight excluding hydrogens is 398 g/mol. The molecule has 0 unspecified atom stereocenters. The van der Waals surface area contributed by atoms with Crippen molar-refractivity contribution in [2.75, 3.05) is 0 Å². The first-order valence-electron chi connectivity index (χ1n) is 9.47. The molecule has 0 aliphatic carbocycles. The van der Waals surface area contributed by atoms with Gasteiger partial charge in [0.1, 0.15) is 22.8 Å². The van der Waals surface area contributed by atoms with Crippen LogP contribution in [0.4, 0.5) is 5.69 Å². The third-order valence-electron chi connectivity index (χ3n) is 4.60. The Labute approximate surface area is 176 Å². The Morgan fingerprint density at radius 3 is 2.58 bits per heavy atom. The number of benzene rings is 2. The lowest BCUT2D eigenvalue weighted by atomic mass is 10.2. The Morgan fingerprint density at radius 1 is 1.10 bits per heavy atom. The maximum absolute atomic E-state index is 12.2. The number of hydrogen-bond donors (Lipinski definition) is 2. The second kappa shape index (κ2) is 8.58. The molecule has 0 saturated carbocycles. The van der Waals surface area contributed by atoms with Crippen molar-refractivity contribution in [1.82, 2.24) is 9.55 Å². The number of H-pyrrole nitrogens is 1. The molecule has 0 fully saturated rings. The highest BCUT2D eigenvalue weighted by Crippen LogP contribution is 2.26. The van der Waals surface area contributed by atoms with E-state index < -0.39 is 17.1 Å². The van der Waals surface area contributed by atoms with Gasteiger partial charge in [-0.15, -0.1) is 0 Å². The Hall–Kier alpha value is -4.33. The summed E-state index contributed by atoms with van der Waals surface area (Å²) in [6, 6.07) is 17.9. The second-order valence-corrected chi connectivity index (χ2v) is 6.78. The summed E-state index contributed by atoms with van der Waals surface area (Å²) in [5.41, 5.74) is -0.0507. The average molecular weight is 417 g/mol. The summed E-state index contributed by atoms with van der Waals surface area (Å²) in [6.45, 7) is 1.93. The predicted molar refractivity (Wildman–Crippen MR) is 116 cm³/mol. The number of aliphatic imine (C=N–C) groups is 1. The highest BCUT2D eigenvalue weighted by atomic mass is 16.5.